The van der Waals surface area contributed by atoms with Crippen molar-refractivity contribution in [3.05, 3.63) is 75.6 Å². The van der Waals surface area contributed by atoms with Crippen LogP contribution in [0.5, 0.6) is 0 Å². The highest BCUT2D eigenvalue weighted by Crippen LogP contribution is 2.41. The van der Waals surface area contributed by atoms with Crippen LogP contribution in [0.3, 0.4) is 0 Å². The summed E-state index contributed by atoms with van der Waals surface area (Å²) >= 11 is 1.76. The molecule has 1 heterocycles. The highest BCUT2D eigenvalue weighted by molar-refractivity contribution is 7.10. The van der Waals surface area contributed by atoms with Gasteiger partial charge in [0.15, 0.2) is 0 Å². The molecule has 3 aromatic rings. The van der Waals surface area contributed by atoms with Gasteiger partial charge in [0, 0.05) is 23.4 Å². The molecule has 1 aliphatic rings. The molecule has 0 bridgehead atoms. The molecule has 1 aromatic heterocycles. The van der Waals surface area contributed by atoms with Crippen LogP contribution in [0.2, 0.25) is 0 Å². The molecule has 0 saturated carbocycles. The van der Waals surface area contributed by atoms with Gasteiger partial charge in [-0.1, -0.05) is 42.5 Å². The van der Waals surface area contributed by atoms with Crippen molar-refractivity contribution >= 4 is 11.3 Å². The molecule has 1 aliphatic carbocycles. The SMILES string of the molecule is NCc1cccc(-c2csc(C3Cc4ccccc43)n2)c1. The van der Waals surface area contributed by atoms with E-state index in [9.17, 15) is 0 Å². The van der Waals surface area contributed by atoms with Crippen molar-refractivity contribution in [2.75, 3.05) is 0 Å². The van der Waals surface area contributed by atoms with E-state index in [2.05, 4.69) is 53.9 Å². The smallest absolute Gasteiger partial charge is 0.101 e. The minimum absolute atomic E-state index is 0.484. The summed E-state index contributed by atoms with van der Waals surface area (Å²) in [6.07, 6.45) is 1.12. The Bertz CT molecular complexity index is 791. The van der Waals surface area contributed by atoms with Crippen LogP contribution < -0.4 is 5.73 Å². The number of hydrogen-bond acceptors (Lipinski definition) is 3. The fraction of sp³-hybridized carbons (Fsp3) is 0.167. The molecule has 4 rings (SSSR count). The zero-order chi connectivity index (χ0) is 14.2. The van der Waals surface area contributed by atoms with Gasteiger partial charge in [0.25, 0.3) is 0 Å². The summed E-state index contributed by atoms with van der Waals surface area (Å²) in [5, 5.41) is 3.38. The maximum absolute atomic E-state index is 5.72. The molecule has 2 aromatic carbocycles. The molecule has 0 aliphatic heterocycles. The summed E-state index contributed by atoms with van der Waals surface area (Å²) in [6, 6.07) is 17.0. The zero-order valence-electron chi connectivity index (χ0n) is 11.6. The van der Waals surface area contributed by atoms with Gasteiger partial charge >= 0.3 is 0 Å². The van der Waals surface area contributed by atoms with Gasteiger partial charge in [-0.2, -0.15) is 0 Å². The third-order valence-electron chi connectivity index (χ3n) is 4.13. The lowest BCUT2D eigenvalue weighted by molar-refractivity contribution is 0.703. The monoisotopic (exact) mass is 292 g/mol. The molecule has 0 saturated heterocycles. The minimum Gasteiger partial charge on any atom is -0.326 e. The Balaban J connectivity index is 1.65. The van der Waals surface area contributed by atoms with Gasteiger partial charge in [0.2, 0.25) is 0 Å². The summed E-state index contributed by atoms with van der Waals surface area (Å²) in [7, 11) is 0. The highest BCUT2D eigenvalue weighted by Gasteiger charge is 2.29. The predicted octanol–water partition coefficient (Wildman–Crippen LogP) is 3.96. The maximum atomic E-state index is 5.72. The fourth-order valence-corrected chi connectivity index (χ4v) is 3.86. The Morgan fingerprint density at radius 2 is 2.05 bits per heavy atom. The lowest BCUT2D eigenvalue weighted by Crippen LogP contribution is -2.17. The molecule has 0 fully saturated rings. The Morgan fingerprint density at radius 1 is 1.14 bits per heavy atom. The first-order valence-electron chi connectivity index (χ1n) is 7.18. The summed E-state index contributed by atoms with van der Waals surface area (Å²) < 4.78 is 0. The number of aromatic nitrogens is 1. The van der Waals surface area contributed by atoms with Crippen LogP contribution in [0.4, 0.5) is 0 Å². The number of thiazole rings is 1. The largest absolute Gasteiger partial charge is 0.326 e. The maximum Gasteiger partial charge on any atom is 0.101 e. The van der Waals surface area contributed by atoms with E-state index in [1.54, 1.807) is 11.3 Å². The molecule has 104 valence electrons. The second-order valence-corrected chi connectivity index (χ2v) is 6.32. The van der Waals surface area contributed by atoms with Gasteiger partial charge in [0.05, 0.1) is 5.69 Å². The number of fused-ring (bicyclic) bond motifs is 1. The second kappa shape index (κ2) is 5.10. The van der Waals surface area contributed by atoms with Crippen molar-refractivity contribution in [2.24, 2.45) is 5.73 Å². The molecule has 1 unspecified atom stereocenters. The summed E-state index contributed by atoms with van der Waals surface area (Å²) in [6.45, 7) is 0.570. The van der Waals surface area contributed by atoms with Crippen LogP contribution in [-0.4, -0.2) is 4.98 Å². The van der Waals surface area contributed by atoms with E-state index in [-0.39, 0.29) is 0 Å². The number of nitrogens with two attached hydrogens (primary N) is 1. The molecule has 0 spiro atoms. The van der Waals surface area contributed by atoms with Crippen LogP contribution in [0, 0.1) is 0 Å². The molecular formula is C18H16N2S. The van der Waals surface area contributed by atoms with Gasteiger partial charge in [-0.3, -0.25) is 0 Å². The lowest BCUT2D eigenvalue weighted by Gasteiger charge is -2.28. The van der Waals surface area contributed by atoms with E-state index >= 15 is 0 Å². The van der Waals surface area contributed by atoms with Crippen LogP contribution in [-0.2, 0) is 13.0 Å². The van der Waals surface area contributed by atoms with Crippen LogP contribution >= 0.6 is 11.3 Å². The molecule has 21 heavy (non-hydrogen) atoms. The quantitative estimate of drug-likeness (QED) is 0.793. The Kier molecular flexibility index (Phi) is 3.09. The molecular weight excluding hydrogens is 276 g/mol. The highest BCUT2D eigenvalue weighted by atomic mass is 32.1. The van der Waals surface area contributed by atoms with E-state index < -0.39 is 0 Å². The molecule has 3 heteroatoms. The summed E-state index contributed by atoms with van der Waals surface area (Å²) in [4.78, 5) is 4.85. The van der Waals surface area contributed by atoms with E-state index in [1.165, 1.54) is 16.1 Å². The normalized spacial score (nSPS) is 16.3. The minimum atomic E-state index is 0.484. The van der Waals surface area contributed by atoms with Crippen molar-refractivity contribution in [3.8, 4) is 11.3 Å². The van der Waals surface area contributed by atoms with Crippen LogP contribution in [0.15, 0.2) is 53.9 Å². The molecule has 2 N–H and O–H groups in total. The second-order valence-electron chi connectivity index (χ2n) is 5.43. The van der Waals surface area contributed by atoms with E-state index in [0.29, 0.717) is 12.5 Å². The third kappa shape index (κ3) is 2.19. The first kappa shape index (κ1) is 12.7. The Hall–Kier alpha value is -1.97. The Morgan fingerprint density at radius 3 is 2.90 bits per heavy atom. The van der Waals surface area contributed by atoms with Gasteiger partial charge < -0.3 is 5.73 Å². The molecule has 1 atom stereocenters. The van der Waals surface area contributed by atoms with Crippen molar-refractivity contribution < 1.29 is 0 Å². The van der Waals surface area contributed by atoms with Gasteiger partial charge in [-0.05, 0) is 29.2 Å². The first-order chi connectivity index (χ1) is 10.3. The van der Waals surface area contributed by atoms with Gasteiger partial charge in [-0.25, -0.2) is 4.98 Å². The average molecular weight is 292 g/mol. The fourth-order valence-electron chi connectivity index (χ4n) is 2.92. The van der Waals surface area contributed by atoms with E-state index in [0.717, 1.165) is 23.2 Å². The number of hydrogen-bond donors (Lipinski definition) is 1. The van der Waals surface area contributed by atoms with Crippen molar-refractivity contribution in [1.29, 1.82) is 0 Å². The molecule has 2 nitrogen and oxygen atoms in total. The molecule has 0 amide bonds. The number of rotatable bonds is 3. The van der Waals surface area contributed by atoms with Crippen molar-refractivity contribution in [3.63, 3.8) is 0 Å². The number of benzene rings is 2. The standard InChI is InChI=1S/C18H16N2S/c19-10-12-4-3-6-14(8-12)17-11-21-18(20-17)16-9-13-5-1-2-7-15(13)16/h1-8,11,16H,9-10,19H2. The summed E-state index contributed by atoms with van der Waals surface area (Å²) in [5.74, 6) is 0.484. The Labute approximate surface area is 128 Å². The van der Waals surface area contributed by atoms with Crippen molar-refractivity contribution in [1.82, 2.24) is 4.98 Å². The lowest BCUT2D eigenvalue weighted by atomic mass is 9.78. The number of nitrogens with zero attached hydrogens (tertiary/aromatic N) is 1. The van der Waals surface area contributed by atoms with Gasteiger partial charge in [0.1, 0.15) is 5.01 Å². The van der Waals surface area contributed by atoms with Crippen molar-refractivity contribution in [2.45, 2.75) is 18.9 Å². The third-order valence-corrected chi connectivity index (χ3v) is 5.09. The van der Waals surface area contributed by atoms with Gasteiger partial charge in [-0.15, -0.1) is 11.3 Å². The van der Waals surface area contributed by atoms with E-state index in [1.807, 2.05) is 0 Å². The van der Waals surface area contributed by atoms with E-state index in [4.69, 9.17) is 10.7 Å². The van der Waals surface area contributed by atoms with Crippen LogP contribution in [0.25, 0.3) is 11.3 Å². The predicted molar refractivity (Wildman–Crippen MR) is 87.4 cm³/mol. The first-order valence-corrected chi connectivity index (χ1v) is 8.06. The zero-order valence-corrected chi connectivity index (χ0v) is 12.4. The molecule has 0 radical (unpaired) electrons. The average Bonchev–Trinajstić information content (AvgIpc) is 2.98. The van der Waals surface area contributed by atoms with Crippen LogP contribution in [0.1, 0.15) is 27.6 Å². The summed E-state index contributed by atoms with van der Waals surface area (Å²) in [5.41, 5.74) is 12.0. The topological polar surface area (TPSA) is 38.9 Å².